The van der Waals surface area contributed by atoms with Crippen molar-refractivity contribution in [2.24, 2.45) is 17.8 Å². The second-order valence-corrected chi connectivity index (χ2v) is 7.85. The Hall–Kier alpha value is -2.04. The van der Waals surface area contributed by atoms with Crippen molar-refractivity contribution in [3.8, 4) is 0 Å². The van der Waals surface area contributed by atoms with Crippen LogP contribution in [-0.4, -0.2) is 36.0 Å². The molecule has 1 aromatic carbocycles. The van der Waals surface area contributed by atoms with E-state index in [0.29, 0.717) is 11.8 Å². The number of fused-ring (bicyclic) bond motifs is 2. The Morgan fingerprint density at radius 1 is 0.960 bits per heavy atom. The molecule has 1 heterocycles. The number of nitrogens with zero attached hydrogens (tertiary/aromatic N) is 1. The summed E-state index contributed by atoms with van der Waals surface area (Å²) in [6.07, 6.45) is 6.65. The molecule has 0 radical (unpaired) electrons. The molecule has 2 bridgehead atoms. The molecule has 134 valence electrons. The number of urea groups is 1. The summed E-state index contributed by atoms with van der Waals surface area (Å²) in [5, 5.41) is 5.89. The Labute approximate surface area is 149 Å². The lowest BCUT2D eigenvalue weighted by Gasteiger charge is -2.35. The fourth-order valence-corrected chi connectivity index (χ4v) is 4.90. The smallest absolute Gasteiger partial charge is 0.319 e. The average molecular weight is 341 g/mol. The van der Waals surface area contributed by atoms with Crippen LogP contribution in [0, 0.1) is 17.8 Å². The molecule has 0 aromatic heterocycles. The number of anilines is 1. The highest BCUT2D eigenvalue weighted by atomic mass is 16.2. The van der Waals surface area contributed by atoms with Crippen LogP contribution in [0.5, 0.6) is 0 Å². The van der Waals surface area contributed by atoms with Crippen LogP contribution in [0.1, 0.15) is 38.5 Å². The Balaban J connectivity index is 1.23. The second kappa shape index (κ2) is 7.06. The van der Waals surface area contributed by atoms with Gasteiger partial charge in [-0.1, -0.05) is 24.6 Å². The van der Waals surface area contributed by atoms with E-state index in [9.17, 15) is 9.59 Å². The molecule has 1 aromatic rings. The van der Waals surface area contributed by atoms with Gasteiger partial charge in [-0.3, -0.25) is 4.79 Å². The number of hydrogen-bond donors (Lipinski definition) is 2. The van der Waals surface area contributed by atoms with Gasteiger partial charge in [-0.15, -0.1) is 0 Å². The number of piperidine rings is 1. The number of hydrogen-bond acceptors (Lipinski definition) is 2. The monoisotopic (exact) mass is 341 g/mol. The summed E-state index contributed by atoms with van der Waals surface area (Å²) in [6.45, 7) is 1.53. The van der Waals surface area contributed by atoms with Gasteiger partial charge in [0.05, 0.1) is 0 Å². The van der Waals surface area contributed by atoms with Gasteiger partial charge in [0.2, 0.25) is 5.91 Å². The van der Waals surface area contributed by atoms with Crippen LogP contribution in [0.25, 0.3) is 0 Å². The van der Waals surface area contributed by atoms with Gasteiger partial charge < -0.3 is 15.5 Å². The van der Waals surface area contributed by atoms with Gasteiger partial charge in [0.1, 0.15) is 0 Å². The van der Waals surface area contributed by atoms with Crippen LogP contribution in [0.3, 0.4) is 0 Å². The normalized spacial score (nSPS) is 28.8. The van der Waals surface area contributed by atoms with Crippen molar-refractivity contribution >= 4 is 17.6 Å². The first kappa shape index (κ1) is 16.4. The predicted molar refractivity (Wildman–Crippen MR) is 97.1 cm³/mol. The molecule has 0 unspecified atom stereocenters. The number of likely N-dealkylation sites (tertiary alicyclic amines) is 1. The Bertz CT molecular complexity index is 625. The van der Waals surface area contributed by atoms with Crippen molar-refractivity contribution in [3.63, 3.8) is 0 Å². The minimum atomic E-state index is -0.163. The number of rotatable bonds is 3. The summed E-state index contributed by atoms with van der Waals surface area (Å²) in [5.41, 5.74) is 0.795. The van der Waals surface area contributed by atoms with Crippen LogP contribution in [0.15, 0.2) is 30.3 Å². The summed E-state index contributed by atoms with van der Waals surface area (Å²) in [5.74, 6) is 2.11. The van der Waals surface area contributed by atoms with Crippen molar-refractivity contribution in [1.82, 2.24) is 10.2 Å². The van der Waals surface area contributed by atoms with Crippen molar-refractivity contribution in [1.29, 1.82) is 0 Å². The van der Waals surface area contributed by atoms with E-state index in [2.05, 4.69) is 10.6 Å². The highest BCUT2D eigenvalue weighted by Crippen LogP contribution is 2.49. The number of carbonyl (C=O) groups is 2. The Kier molecular flexibility index (Phi) is 4.64. The molecule has 3 amide bonds. The van der Waals surface area contributed by atoms with Gasteiger partial charge in [0.15, 0.2) is 0 Å². The molecule has 1 saturated heterocycles. The van der Waals surface area contributed by atoms with Crippen LogP contribution in [0.2, 0.25) is 0 Å². The van der Waals surface area contributed by atoms with E-state index >= 15 is 0 Å². The van der Waals surface area contributed by atoms with Gasteiger partial charge in [-0.05, 0) is 56.1 Å². The fraction of sp³-hybridized carbons (Fsp3) is 0.600. The standard InChI is InChI=1S/C20H27N3O2/c24-19(18-13-14-6-7-15(18)12-14)23-10-8-17(9-11-23)22-20(25)21-16-4-2-1-3-5-16/h1-5,14-15,17-18H,6-13H2,(H2,21,22,25)/t14-,15-,18-/m0/s1. The van der Waals surface area contributed by atoms with E-state index in [1.807, 2.05) is 35.2 Å². The number of para-hydroxylation sites is 1. The summed E-state index contributed by atoms with van der Waals surface area (Å²) < 4.78 is 0. The quantitative estimate of drug-likeness (QED) is 0.887. The topological polar surface area (TPSA) is 61.4 Å². The molecule has 2 aliphatic carbocycles. The predicted octanol–water partition coefficient (Wildman–Crippen LogP) is 3.24. The molecular formula is C20H27N3O2. The first-order valence-electron chi connectivity index (χ1n) is 9.60. The van der Waals surface area contributed by atoms with Gasteiger partial charge in [-0.25, -0.2) is 4.79 Å². The highest BCUT2D eigenvalue weighted by molar-refractivity contribution is 5.89. The van der Waals surface area contributed by atoms with Gasteiger partial charge in [-0.2, -0.15) is 0 Å². The fourth-order valence-electron chi connectivity index (χ4n) is 4.90. The third kappa shape index (κ3) is 3.65. The molecule has 3 atom stereocenters. The van der Waals surface area contributed by atoms with Gasteiger partial charge in [0.25, 0.3) is 0 Å². The molecule has 25 heavy (non-hydrogen) atoms. The molecule has 3 aliphatic rings. The van der Waals surface area contributed by atoms with Crippen LogP contribution >= 0.6 is 0 Å². The maximum Gasteiger partial charge on any atom is 0.319 e. The van der Waals surface area contributed by atoms with Crippen molar-refractivity contribution in [3.05, 3.63) is 30.3 Å². The number of nitrogens with one attached hydrogen (secondary N) is 2. The van der Waals surface area contributed by atoms with Crippen LogP contribution in [0.4, 0.5) is 10.5 Å². The lowest BCUT2D eigenvalue weighted by molar-refractivity contribution is -0.138. The largest absolute Gasteiger partial charge is 0.342 e. The van der Waals surface area contributed by atoms with Crippen LogP contribution in [-0.2, 0) is 4.79 Å². The third-order valence-electron chi connectivity index (χ3n) is 6.23. The molecule has 4 rings (SSSR count). The lowest BCUT2D eigenvalue weighted by Crippen LogP contribution is -2.49. The average Bonchev–Trinajstić information content (AvgIpc) is 3.26. The van der Waals surface area contributed by atoms with Gasteiger partial charge in [0, 0.05) is 30.7 Å². The van der Waals surface area contributed by atoms with Crippen molar-refractivity contribution < 1.29 is 9.59 Å². The number of benzene rings is 1. The zero-order valence-electron chi connectivity index (χ0n) is 14.6. The van der Waals surface area contributed by atoms with Crippen molar-refractivity contribution in [2.75, 3.05) is 18.4 Å². The summed E-state index contributed by atoms with van der Waals surface area (Å²) >= 11 is 0. The first-order chi connectivity index (χ1) is 12.2. The number of amides is 3. The SMILES string of the molecule is O=C(Nc1ccccc1)NC1CCN(C(=O)[C@H]2C[C@H]3CC[C@H]2C3)CC1. The van der Waals surface area contributed by atoms with Crippen molar-refractivity contribution in [2.45, 2.75) is 44.6 Å². The molecule has 2 saturated carbocycles. The molecule has 2 N–H and O–H groups in total. The molecule has 1 aliphatic heterocycles. The zero-order chi connectivity index (χ0) is 17.2. The second-order valence-electron chi connectivity index (χ2n) is 7.85. The number of carbonyl (C=O) groups excluding carboxylic acids is 2. The van der Waals surface area contributed by atoms with E-state index in [1.54, 1.807) is 0 Å². The molecule has 0 spiro atoms. The molecule has 5 nitrogen and oxygen atoms in total. The maximum atomic E-state index is 12.8. The Morgan fingerprint density at radius 3 is 2.36 bits per heavy atom. The molecule has 3 fully saturated rings. The van der Waals surface area contributed by atoms with Gasteiger partial charge >= 0.3 is 6.03 Å². The minimum absolute atomic E-state index is 0.146. The molecular weight excluding hydrogens is 314 g/mol. The maximum absolute atomic E-state index is 12.8. The zero-order valence-corrected chi connectivity index (χ0v) is 14.6. The molecule has 5 heteroatoms. The summed E-state index contributed by atoms with van der Waals surface area (Å²) in [7, 11) is 0. The highest BCUT2D eigenvalue weighted by Gasteiger charge is 2.44. The van der Waals surface area contributed by atoms with E-state index in [-0.39, 0.29) is 18.0 Å². The summed E-state index contributed by atoms with van der Waals surface area (Å²) in [6, 6.07) is 9.44. The van der Waals surface area contributed by atoms with Crippen LogP contribution < -0.4 is 10.6 Å². The Morgan fingerprint density at radius 2 is 1.72 bits per heavy atom. The van der Waals surface area contributed by atoms with E-state index in [0.717, 1.165) is 44.0 Å². The van der Waals surface area contributed by atoms with E-state index in [1.165, 1.54) is 19.3 Å². The summed E-state index contributed by atoms with van der Waals surface area (Å²) in [4.78, 5) is 26.9. The third-order valence-corrected chi connectivity index (χ3v) is 6.23. The first-order valence-corrected chi connectivity index (χ1v) is 9.60. The van der Waals surface area contributed by atoms with E-state index in [4.69, 9.17) is 0 Å². The minimum Gasteiger partial charge on any atom is -0.342 e. The lowest BCUT2D eigenvalue weighted by atomic mass is 9.87. The van der Waals surface area contributed by atoms with E-state index < -0.39 is 0 Å².